The van der Waals surface area contributed by atoms with Crippen LogP contribution in [0, 0.1) is 52.8 Å². The second kappa shape index (κ2) is 11.4. The Balaban J connectivity index is 1.35. The summed E-state index contributed by atoms with van der Waals surface area (Å²) in [7, 11) is -4.42. The number of carbonyl (C=O) groups is 1. The van der Waals surface area contributed by atoms with E-state index in [4.69, 9.17) is 19.9 Å². The lowest BCUT2D eigenvalue weighted by Crippen LogP contribution is -2.51. The molecule has 4 rings (SSSR count). The zero-order valence-electron chi connectivity index (χ0n) is 22.7. The molecule has 0 saturated heterocycles. The molecule has 0 aromatic rings. The van der Waals surface area contributed by atoms with E-state index in [1.165, 1.54) is 31.3 Å². The smallest absolute Gasteiger partial charge is 0.367 e. The maximum atomic E-state index is 12.3. The quantitative estimate of drug-likeness (QED) is 0.178. The lowest BCUT2D eigenvalue weighted by atomic mass is 9.47. The average molecular weight is 536 g/mol. The van der Waals surface area contributed by atoms with Gasteiger partial charge in [-0.1, -0.05) is 38.3 Å². The van der Waals surface area contributed by atoms with Crippen LogP contribution in [0.3, 0.4) is 0 Å². The Kier molecular flexibility index (Phi) is 8.79. The first-order valence-electron chi connectivity index (χ1n) is 14.1. The van der Waals surface area contributed by atoms with Crippen molar-refractivity contribution in [2.45, 2.75) is 91.1 Å². The van der Waals surface area contributed by atoms with Crippen molar-refractivity contribution in [1.29, 1.82) is 0 Å². The lowest BCUT2D eigenvalue weighted by molar-refractivity contribution is -0.121. The van der Waals surface area contributed by atoms with Gasteiger partial charge in [-0.05, 0) is 98.2 Å². The normalized spacial score (nSPS) is 37.9. The number of carbonyl (C=O) groups excluding carboxylic acids is 1. The average Bonchev–Trinajstić information content (AvgIpc) is 3.19. The highest BCUT2D eigenvalue weighted by Crippen LogP contribution is 2.67. The molecular formula is C29H45NO6S. The van der Waals surface area contributed by atoms with Gasteiger partial charge in [0.2, 0.25) is 5.91 Å². The minimum Gasteiger partial charge on any atom is -0.367 e. The van der Waals surface area contributed by atoms with E-state index in [9.17, 15) is 13.2 Å². The van der Waals surface area contributed by atoms with E-state index < -0.39 is 16.5 Å². The summed E-state index contributed by atoms with van der Waals surface area (Å²) in [5.74, 6) is 5.64. The van der Waals surface area contributed by atoms with Crippen LogP contribution in [-0.4, -0.2) is 44.7 Å². The van der Waals surface area contributed by atoms with Crippen LogP contribution in [0.5, 0.6) is 0 Å². The minimum atomic E-state index is -4.42. The third-order valence-electron chi connectivity index (χ3n) is 10.7. The molecule has 8 heteroatoms. The van der Waals surface area contributed by atoms with Crippen LogP contribution in [0.4, 0.5) is 0 Å². The fraction of sp³-hybridized carbons (Fsp3) is 0.828. The minimum absolute atomic E-state index is 0.0889. The van der Waals surface area contributed by atoms with Gasteiger partial charge in [0, 0.05) is 13.0 Å². The Hall–Kier alpha value is -1.40. The zero-order valence-corrected chi connectivity index (χ0v) is 23.5. The Morgan fingerprint density at radius 2 is 2.03 bits per heavy atom. The summed E-state index contributed by atoms with van der Waals surface area (Å²) in [4.78, 5) is 12.3. The van der Waals surface area contributed by atoms with Crippen LogP contribution in [0.1, 0.15) is 85.0 Å². The van der Waals surface area contributed by atoms with Crippen LogP contribution >= 0.6 is 0 Å². The van der Waals surface area contributed by atoms with Gasteiger partial charge in [0.1, 0.15) is 6.61 Å². The molecule has 4 aliphatic carbocycles. The van der Waals surface area contributed by atoms with Crippen molar-refractivity contribution in [3.63, 3.8) is 0 Å². The van der Waals surface area contributed by atoms with E-state index in [-0.39, 0.29) is 17.9 Å². The highest BCUT2D eigenvalue weighted by atomic mass is 32.3. The zero-order chi connectivity index (χ0) is 26.8. The molecule has 4 aliphatic rings. The van der Waals surface area contributed by atoms with Gasteiger partial charge < -0.3 is 10.1 Å². The second-order valence-corrected chi connectivity index (χ2v) is 13.5. The summed E-state index contributed by atoms with van der Waals surface area (Å²) < 4.78 is 41.9. The van der Waals surface area contributed by atoms with Gasteiger partial charge in [0.05, 0.1) is 12.7 Å². The summed E-state index contributed by atoms with van der Waals surface area (Å²) in [6.45, 7) is 8.45. The number of terminal acetylenes is 1. The molecular weight excluding hydrogens is 490 g/mol. The van der Waals surface area contributed by atoms with Crippen LogP contribution < -0.4 is 5.32 Å². The fourth-order valence-corrected chi connectivity index (χ4v) is 9.41. The SMILES string of the molecule is C#CCOCCNC(=O)CCC(C)[C@H]1CC[C@H]2[C@@H]3CC=C4C[C@@H](OS(=O)(=O)O)CC[C@]4(C)[C@H]3CC[C@]12C. The molecule has 7 nitrogen and oxygen atoms in total. The summed E-state index contributed by atoms with van der Waals surface area (Å²) in [6.07, 6.45) is 16.7. The highest BCUT2D eigenvalue weighted by Gasteiger charge is 2.59. The number of amides is 1. The second-order valence-electron chi connectivity index (χ2n) is 12.5. The molecule has 0 spiro atoms. The van der Waals surface area contributed by atoms with Crippen molar-refractivity contribution in [2.75, 3.05) is 19.8 Å². The molecule has 0 bridgehead atoms. The third kappa shape index (κ3) is 6.11. The largest absolute Gasteiger partial charge is 0.397 e. The summed E-state index contributed by atoms with van der Waals surface area (Å²) >= 11 is 0. The highest BCUT2D eigenvalue weighted by molar-refractivity contribution is 7.80. The Morgan fingerprint density at radius 1 is 1.24 bits per heavy atom. The maximum Gasteiger partial charge on any atom is 0.397 e. The molecule has 37 heavy (non-hydrogen) atoms. The lowest BCUT2D eigenvalue weighted by Gasteiger charge is -2.58. The number of hydrogen-bond donors (Lipinski definition) is 2. The molecule has 208 valence electrons. The maximum absolute atomic E-state index is 12.3. The van der Waals surface area contributed by atoms with E-state index in [2.05, 4.69) is 38.1 Å². The Morgan fingerprint density at radius 3 is 2.76 bits per heavy atom. The van der Waals surface area contributed by atoms with Gasteiger partial charge in [-0.25, -0.2) is 4.18 Å². The Labute approximate surface area is 223 Å². The van der Waals surface area contributed by atoms with Gasteiger partial charge in [-0.3, -0.25) is 9.35 Å². The molecule has 1 amide bonds. The topological polar surface area (TPSA) is 102 Å². The first-order valence-corrected chi connectivity index (χ1v) is 15.5. The molecule has 0 heterocycles. The van der Waals surface area contributed by atoms with Gasteiger partial charge >= 0.3 is 10.4 Å². The van der Waals surface area contributed by atoms with Crippen LogP contribution in [0.15, 0.2) is 11.6 Å². The first-order chi connectivity index (χ1) is 17.5. The number of nitrogens with one attached hydrogen (secondary N) is 1. The Bertz CT molecular complexity index is 1020. The molecule has 2 N–H and O–H groups in total. The molecule has 0 aromatic carbocycles. The van der Waals surface area contributed by atoms with Crippen molar-refractivity contribution in [3.8, 4) is 12.3 Å². The molecule has 0 aliphatic heterocycles. The van der Waals surface area contributed by atoms with E-state index >= 15 is 0 Å². The summed E-state index contributed by atoms with van der Waals surface area (Å²) in [6, 6.07) is 0. The van der Waals surface area contributed by atoms with Crippen LogP contribution in [0.2, 0.25) is 0 Å². The van der Waals surface area contributed by atoms with Gasteiger partial charge in [-0.15, -0.1) is 6.42 Å². The van der Waals surface area contributed by atoms with Crippen molar-refractivity contribution in [3.05, 3.63) is 11.6 Å². The van der Waals surface area contributed by atoms with Crippen molar-refractivity contribution >= 4 is 16.3 Å². The molecule has 8 atom stereocenters. The van der Waals surface area contributed by atoms with E-state index in [0.29, 0.717) is 67.4 Å². The first kappa shape index (κ1) is 28.6. The number of allylic oxidation sites excluding steroid dienone is 1. The van der Waals surface area contributed by atoms with E-state index in [1.807, 2.05) is 0 Å². The van der Waals surface area contributed by atoms with E-state index in [1.54, 1.807) is 0 Å². The van der Waals surface area contributed by atoms with Crippen LogP contribution in [-0.2, 0) is 24.1 Å². The molecule has 1 unspecified atom stereocenters. The third-order valence-corrected chi connectivity index (χ3v) is 11.2. The summed E-state index contributed by atoms with van der Waals surface area (Å²) in [5.41, 5.74) is 1.73. The van der Waals surface area contributed by atoms with E-state index in [0.717, 1.165) is 19.3 Å². The standard InChI is InChI=1S/C29H45NO6S/c1-5-17-35-18-16-30-27(31)11-6-20(2)24-9-10-25-23-8-7-21-19-22(36-37(32,33)34)12-14-28(21,3)26(23)13-15-29(24,25)4/h1,7,20,22-26H,6,8-19H2,2-4H3,(H,30,31)(H,32,33,34)/t20?,22-,23-,24+,25-,26-,28-,29+/m0/s1. The molecule has 3 fully saturated rings. The van der Waals surface area contributed by atoms with Gasteiger partial charge in [-0.2, -0.15) is 8.42 Å². The van der Waals surface area contributed by atoms with Gasteiger partial charge in [0.15, 0.2) is 0 Å². The van der Waals surface area contributed by atoms with Crippen molar-refractivity contribution < 1.29 is 26.7 Å². The molecule has 0 radical (unpaired) electrons. The number of ether oxygens (including phenoxy) is 1. The van der Waals surface area contributed by atoms with Crippen molar-refractivity contribution in [1.82, 2.24) is 5.32 Å². The number of hydrogen-bond acceptors (Lipinski definition) is 5. The predicted octanol–water partition coefficient (Wildman–Crippen LogP) is 4.94. The fourth-order valence-electron chi connectivity index (χ4n) is 8.90. The number of fused-ring (bicyclic) bond motifs is 5. The van der Waals surface area contributed by atoms with Crippen LogP contribution in [0.25, 0.3) is 0 Å². The summed E-state index contributed by atoms with van der Waals surface area (Å²) in [5, 5.41) is 2.94. The molecule has 3 saturated carbocycles. The predicted molar refractivity (Wildman–Crippen MR) is 143 cm³/mol. The number of rotatable bonds is 10. The molecule has 0 aromatic heterocycles. The monoisotopic (exact) mass is 535 g/mol. The van der Waals surface area contributed by atoms with Crippen molar-refractivity contribution in [2.24, 2.45) is 40.4 Å². The van der Waals surface area contributed by atoms with Gasteiger partial charge in [0.25, 0.3) is 0 Å².